The molecule has 7 rings (SSSR count). The fourth-order valence-electron chi connectivity index (χ4n) is 10.4. The number of benzene rings is 2. The molecule has 0 aromatic heterocycles. The van der Waals surface area contributed by atoms with Crippen LogP contribution in [-0.4, -0.2) is 53.6 Å². The normalized spacial score (nSPS) is 34.6. The minimum atomic E-state index is -0.422. The molecule has 2 fully saturated rings. The average Bonchev–Trinajstić information content (AvgIpc) is 3.59. The lowest BCUT2D eigenvalue weighted by atomic mass is 9.59. The number of carbonyl (C=O) groups excluding carboxylic acids is 1. The second-order valence-electron chi connectivity index (χ2n) is 15.8. The van der Waals surface area contributed by atoms with E-state index in [-0.39, 0.29) is 21.6 Å². The van der Waals surface area contributed by atoms with Crippen molar-refractivity contribution in [3.63, 3.8) is 0 Å². The zero-order valence-corrected chi connectivity index (χ0v) is 35.8. The molecular weight excluding hydrogens is 808 g/mol. The summed E-state index contributed by atoms with van der Waals surface area (Å²) in [7, 11) is 3.67. The van der Waals surface area contributed by atoms with Gasteiger partial charge in [-0.3, -0.25) is 9.79 Å². The van der Waals surface area contributed by atoms with E-state index >= 15 is 0 Å². The summed E-state index contributed by atoms with van der Waals surface area (Å²) >= 11 is 17.0. The Balaban J connectivity index is 0.000000174. The molecule has 5 unspecified atom stereocenters. The lowest BCUT2D eigenvalue weighted by Crippen LogP contribution is -2.56. The van der Waals surface area contributed by atoms with E-state index in [0.29, 0.717) is 35.9 Å². The third kappa shape index (κ3) is 7.46. The first-order valence-electron chi connectivity index (χ1n) is 17.8. The van der Waals surface area contributed by atoms with E-state index in [2.05, 4.69) is 113 Å². The van der Waals surface area contributed by atoms with Crippen LogP contribution in [0.5, 0.6) is 0 Å². The van der Waals surface area contributed by atoms with Crippen LogP contribution in [0.25, 0.3) is 0 Å². The number of aliphatic imine (C=N–C) groups is 1. The van der Waals surface area contributed by atoms with Crippen LogP contribution in [0, 0.1) is 39.9 Å². The molecule has 2 saturated carbocycles. The highest BCUT2D eigenvalue weighted by Crippen LogP contribution is 2.62. The number of ketones is 1. The van der Waals surface area contributed by atoms with Gasteiger partial charge < -0.3 is 25.9 Å². The Morgan fingerprint density at radius 2 is 1.39 bits per heavy atom. The summed E-state index contributed by atoms with van der Waals surface area (Å²) in [6, 6.07) is 13.0. The van der Waals surface area contributed by atoms with Crippen molar-refractivity contribution in [2.45, 2.75) is 97.9 Å². The Kier molecular flexibility index (Phi) is 12.2. The number of halogens is 2. The lowest BCUT2D eigenvalue weighted by molar-refractivity contribution is -0.110. The van der Waals surface area contributed by atoms with Crippen LogP contribution in [0.15, 0.2) is 50.3 Å². The Hall–Kier alpha value is -1.89. The summed E-state index contributed by atoms with van der Waals surface area (Å²) in [5.41, 5.74) is 11.5. The van der Waals surface area contributed by atoms with Gasteiger partial charge in [0.15, 0.2) is 11.4 Å². The fourth-order valence-corrected chi connectivity index (χ4v) is 11.3. The van der Waals surface area contributed by atoms with Gasteiger partial charge in [-0.25, -0.2) is 0 Å². The number of nitrogens with two attached hydrogens (primary N) is 1. The van der Waals surface area contributed by atoms with Gasteiger partial charge in [0, 0.05) is 57.8 Å². The van der Waals surface area contributed by atoms with Crippen LogP contribution < -0.4 is 11.1 Å². The molecule has 0 bridgehead atoms. The van der Waals surface area contributed by atoms with Gasteiger partial charge in [0.2, 0.25) is 0 Å². The molecule has 51 heavy (non-hydrogen) atoms. The Bertz CT molecular complexity index is 1730. The maximum Gasteiger partial charge on any atom is 0.186 e. The molecule has 3 spiro atoms. The molecule has 2 aromatic carbocycles. The van der Waals surface area contributed by atoms with Crippen molar-refractivity contribution < 1.29 is 14.3 Å². The molecule has 1 aliphatic heterocycles. The standard InChI is InChI=1S/C20H25BrN2OS.C17H22BrNO.C3H5NOS/c1-11-8-19(9-12(2)17(11)24-4)10-14-5-6-15(21)7-16(14)20(19)22-13(3)18(25)23-20;1-10-7-17(8-11(2)15(10)20-3)9-12-4-5-13(18)6-14(12)16(17)19;1-2(5)3(4)6/h5-7,11-12,17H,8-10H2,1-4H3,(H,23,25);4-6,10-11,15,19H,7-9H2,1-3H3;1H3,(H2,4,6)/t11-,12+,17?,19?,20?;10-,11+,15?,17?;. The summed E-state index contributed by atoms with van der Waals surface area (Å²) < 4.78 is 13.7. The number of hydrogen-bond donors (Lipinski definition) is 3. The minimum absolute atomic E-state index is 0.0387. The highest BCUT2D eigenvalue weighted by molar-refractivity contribution is 9.10. The third-order valence-electron chi connectivity index (χ3n) is 12.1. The number of thiocarbonyl (C=S) groups is 2. The van der Waals surface area contributed by atoms with E-state index in [1.54, 1.807) is 0 Å². The maximum atomic E-state index is 9.88. The van der Waals surface area contributed by atoms with Crippen LogP contribution in [0.3, 0.4) is 0 Å². The maximum absolute atomic E-state index is 9.88. The van der Waals surface area contributed by atoms with E-state index in [1.165, 1.54) is 23.6 Å². The highest BCUT2D eigenvalue weighted by atomic mass is 79.9. The molecular formula is C40H52Br2N4O3S2. The summed E-state index contributed by atoms with van der Waals surface area (Å²) in [6.45, 7) is 12.6. The molecule has 5 aliphatic rings. The quantitative estimate of drug-likeness (QED) is 0.265. The van der Waals surface area contributed by atoms with Gasteiger partial charge in [0.25, 0.3) is 0 Å². The second-order valence-corrected chi connectivity index (χ2v) is 18.5. The van der Waals surface area contributed by atoms with Gasteiger partial charge in [-0.15, -0.1) is 0 Å². The molecule has 4 N–H and O–H groups in total. The van der Waals surface area contributed by atoms with Crippen molar-refractivity contribution >= 4 is 83.5 Å². The monoisotopic (exact) mass is 858 g/mol. The number of carbonyl (C=O) groups is 1. The zero-order chi connectivity index (χ0) is 37.6. The van der Waals surface area contributed by atoms with Crippen LogP contribution in [0.1, 0.15) is 89.5 Å². The van der Waals surface area contributed by atoms with Crippen molar-refractivity contribution in [2.75, 3.05) is 14.2 Å². The number of Topliss-reactive ketones (excluding diaryl/α,β-unsaturated/α-hetero) is 1. The van der Waals surface area contributed by atoms with Crippen molar-refractivity contribution in [1.82, 2.24) is 5.32 Å². The highest BCUT2D eigenvalue weighted by Gasteiger charge is 2.63. The van der Waals surface area contributed by atoms with Gasteiger partial charge in [-0.1, -0.05) is 96.1 Å². The molecule has 7 nitrogen and oxygen atoms in total. The van der Waals surface area contributed by atoms with Crippen LogP contribution in [-0.2, 0) is 32.8 Å². The summed E-state index contributed by atoms with van der Waals surface area (Å²) in [5, 5.41) is 12.4. The Morgan fingerprint density at radius 1 is 0.902 bits per heavy atom. The van der Waals surface area contributed by atoms with Gasteiger partial charge in [-0.2, -0.15) is 0 Å². The summed E-state index contributed by atoms with van der Waals surface area (Å²) in [4.78, 5) is 15.8. The van der Waals surface area contributed by atoms with E-state index in [4.69, 9.17) is 37.8 Å². The predicted octanol–water partition coefficient (Wildman–Crippen LogP) is 8.92. The Labute approximate surface area is 331 Å². The number of hydrogen-bond acceptors (Lipinski definition) is 7. The second kappa shape index (κ2) is 15.5. The van der Waals surface area contributed by atoms with Gasteiger partial charge in [-0.05, 0) is 105 Å². The number of fused-ring (bicyclic) bond motifs is 4. The number of nitrogens with zero attached hydrogens (tertiary/aromatic N) is 1. The largest absolute Gasteiger partial charge is 0.387 e. The molecule has 9 atom stereocenters. The number of nitrogens with one attached hydrogen (secondary N) is 2. The SMILES string of the molecule is CC(=O)C(N)=S.COC1[C@H](C)CC2(Cc3ccc(Br)cc3C23N=C(C)C(=S)N3)C[C@@H]1C.COC1[C@H](C)CC2(Cc3ccc(Br)cc3C2=N)C[C@@H]1C. The molecule has 4 aliphatic carbocycles. The zero-order valence-electron chi connectivity index (χ0n) is 31.0. The van der Waals surface area contributed by atoms with Crippen molar-refractivity contribution in [3.05, 3.63) is 67.6 Å². The number of rotatable bonds is 3. The first-order chi connectivity index (χ1) is 23.9. The van der Waals surface area contributed by atoms with Crippen LogP contribution in [0.4, 0.5) is 0 Å². The first kappa shape index (κ1) is 40.3. The Morgan fingerprint density at radius 3 is 1.86 bits per heavy atom. The summed E-state index contributed by atoms with van der Waals surface area (Å²) in [5.74, 6) is 1.79. The summed E-state index contributed by atoms with van der Waals surface area (Å²) in [6.07, 6.45) is 7.05. The van der Waals surface area contributed by atoms with Gasteiger partial charge in [0.05, 0.1) is 17.9 Å². The van der Waals surface area contributed by atoms with E-state index in [0.717, 1.165) is 69.4 Å². The third-order valence-corrected chi connectivity index (χ3v) is 13.8. The molecule has 0 saturated heterocycles. The molecule has 11 heteroatoms. The van der Waals surface area contributed by atoms with Gasteiger partial charge >= 0.3 is 0 Å². The molecule has 0 radical (unpaired) electrons. The molecule has 1 heterocycles. The van der Waals surface area contributed by atoms with E-state index < -0.39 is 5.66 Å². The predicted molar refractivity (Wildman–Crippen MR) is 222 cm³/mol. The first-order valence-corrected chi connectivity index (χ1v) is 20.2. The fraction of sp³-hybridized carbons (Fsp3) is 0.575. The lowest BCUT2D eigenvalue weighted by Gasteiger charge is -2.51. The number of methoxy groups -OCH3 is 2. The smallest absolute Gasteiger partial charge is 0.186 e. The van der Waals surface area contributed by atoms with Gasteiger partial charge in [0.1, 0.15) is 9.98 Å². The minimum Gasteiger partial charge on any atom is -0.387 e. The number of ether oxygens (including phenoxy) is 2. The molecule has 0 amide bonds. The van der Waals surface area contributed by atoms with Crippen molar-refractivity contribution in [2.24, 2.45) is 45.2 Å². The molecule has 276 valence electrons. The molecule has 2 aromatic rings. The van der Waals surface area contributed by atoms with Crippen molar-refractivity contribution in [1.29, 1.82) is 5.41 Å². The average molecular weight is 861 g/mol. The van der Waals surface area contributed by atoms with Crippen molar-refractivity contribution in [3.8, 4) is 0 Å². The van der Waals surface area contributed by atoms with E-state index in [1.807, 2.05) is 21.1 Å². The van der Waals surface area contributed by atoms with Crippen LogP contribution in [0.2, 0.25) is 0 Å². The van der Waals surface area contributed by atoms with Crippen LogP contribution >= 0.6 is 56.3 Å². The van der Waals surface area contributed by atoms with E-state index in [9.17, 15) is 4.79 Å². The topological polar surface area (TPSA) is 110 Å².